The average molecular weight is 399 g/mol. The summed E-state index contributed by atoms with van der Waals surface area (Å²) >= 11 is 1.26. The van der Waals surface area contributed by atoms with Crippen LogP contribution in [0.25, 0.3) is 10.2 Å². The van der Waals surface area contributed by atoms with E-state index in [4.69, 9.17) is 9.47 Å². The molecule has 3 rings (SSSR count). The van der Waals surface area contributed by atoms with E-state index in [2.05, 4.69) is 10.3 Å². The SMILES string of the molecule is COc1ccc(OC)c2sc(NC(=O)[C@@H]3CCCCN3S(C)(=O)=O)nc12. The topological polar surface area (TPSA) is 97.8 Å². The lowest BCUT2D eigenvalue weighted by Crippen LogP contribution is -2.49. The molecule has 1 aliphatic heterocycles. The first-order valence-electron chi connectivity index (χ1n) is 8.14. The molecule has 1 saturated heterocycles. The van der Waals surface area contributed by atoms with E-state index in [9.17, 15) is 13.2 Å². The summed E-state index contributed by atoms with van der Waals surface area (Å²) < 4.78 is 36.6. The van der Waals surface area contributed by atoms with Gasteiger partial charge < -0.3 is 14.8 Å². The molecule has 1 aliphatic rings. The lowest BCUT2D eigenvalue weighted by atomic mass is 10.0. The number of rotatable bonds is 5. The zero-order valence-electron chi connectivity index (χ0n) is 14.8. The van der Waals surface area contributed by atoms with Crippen molar-refractivity contribution in [3.05, 3.63) is 12.1 Å². The molecule has 2 aromatic rings. The second-order valence-electron chi connectivity index (χ2n) is 6.04. The Morgan fingerprint density at radius 1 is 1.27 bits per heavy atom. The highest BCUT2D eigenvalue weighted by Crippen LogP contribution is 2.39. The first kappa shape index (κ1) is 18.9. The van der Waals surface area contributed by atoms with Crippen molar-refractivity contribution >= 4 is 42.6 Å². The van der Waals surface area contributed by atoms with Crippen LogP contribution in [0.5, 0.6) is 11.5 Å². The van der Waals surface area contributed by atoms with Gasteiger partial charge in [0.05, 0.1) is 20.5 Å². The van der Waals surface area contributed by atoms with Crippen molar-refractivity contribution in [3.63, 3.8) is 0 Å². The van der Waals surface area contributed by atoms with Gasteiger partial charge in [0.2, 0.25) is 15.9 Å². The minimum Gasteiger partial charge on any atom is -0.495 e. The lowest BCUT2D eigenvalue weighted by molar-refractivity contribution is -0.120. The molecule has 1 N–H and O–H groups in total. The Bertz CT molecular complexity index is 884. The molecule has 0 unspecified atom stereocenters. The van der Waals surface area contributed by atoms with Gasteiger partial charge in [-0.05, 0) is 25.0 Å². The van der Waals surface area contributed by atoms with Crippen LogP contribution in [0, 0.1) is 0 Å². The van der Waals surface area contributed by atoms with Crippen LogP contribution in [0.15, 0.2) is 12.1 Å². The predicted octanol–water partition coefficient (Wildman–Crippen LogP) is 2.07. The number of thiazole rings is 1. The number of sulfonamides is 1. The van der Waals surface area contributed by atoms with E-state index >= 15 is 0 Å². The minimum absolute atomic E-state index is 0.360. The first-order valence-corrected chi connectivity index (χ1v) is 10.8. The van der Waals surface area contributed by atoms with Crippen molar-refractivity contribution in [2.75, 3.05) is 32.3 Å². The molecule has 8 nitrogen and oxygen atoms in total. The maximum absolute atomic E-state index is 12.7. The zero-order valence-corrected chi connectivity index (χ0v) is 16.4. The largest absolute Gasteiger partial charge is 0.495 e. The number of benzene rings is 1. The van der Waals surface area contributed by atoms with Crippen molar-refractivity contribution in [3.8, 4) is 11.5 Å². The van der Waals surface area contributed by atoms with Crippen molar-refractivity contribution in [2.45, 2.75) is 25.3 Å². The average Bonchev–Trinajstić information content (AvgIpc) is 3.03. The lowest BCUT2D eigenvalue weighted by Gasteiger charge is -2.32. The fourth-order valence-corrected chi connectivity index (χ4v) is 5.19. The molecule has 10 heteroatoms. The van der Waals surface area contributed by atoms with Crippen molar-refractivity contribution in [1.82, 2.24) is 9.29 Å². The second kappa shape index (κ2) is 7.37. The molecule has 1 fully saturated rings. The number of aromatic nitrogens is 1. The third-order valence-electron chi connectivity index (χ3n) is 4.32. The fourth-order valence-electron chi connectivity index (χ4n) is 3.09. The molecular formula is C16H21N3O5S2. The number of carbonyl (C=O) groups excluding carboxylic acids is 1. The third-order valence-corrected chi connectivity index (χ3v) is 6.60. The predicted molar refractivity (Wildman–Crippen MR) is 101 cm³/mol. The van der Waals surface area contributed by atoms with Crippen LogP contribution >= 0.6 is 11.3 Å². The number of methoxy groups -OCH3 is 2. The van der Waals surface area contributed by atoms with E-state index in [1.807, 2.05) is 0 Å². The summed E-state index contributed by atoms with van der Waals surface area (Å²) in [4.78, 5) is 17.1. The Hall–Kier alpha value is -1.91. The van der Waals surface area contributed by atoms with Gasteiger partial charge in [-0.15, -0.1) is 0 Å². The van der Waals surface area contributed by atoms with E-state index in [0.29, 0.717) is 35.1 Å². The van der Waals surface area contributed by atoms with Gasteiger partial charge in [0.1, 0.15) is 27.8 Å². The summed E-state index contributed by atoms with van der Waals surface area (Å²) in [5.74, 6) is 0.842. The molecule has 0 saturated carbocycles. The number of ether oxygens (including phenoxy) is 2. The number of nitrogens with one attached hydrogen (secondary N) is 1. The van der Waals surface area contributed by atoms with Crippen LogP contribution < -0.4 is 14.8 Å². The number of hydrogen-bond acceptors (Lipinski definition) is 7. The molecule has 1 atom stereocenters. The van der Waals surface area contributed by atoms with E-state index in [0.717, 1.165) is 23.8 Å². The Morgan fingerprint density at radius 3 is 2.62 bits per heavy atom. The summed E-state index contributed by atoms with van der Waals surface area (Å²) in [5, 5.41) is 3.14. The summed E-state index contributed by atoms with van der Waals surface area (Å²) in [6.45, 7) is 0.360. The summed E-state index contributed by atoms with van der Waals surface area (Å²) in [7, 11) is -0.336. The Morgan fingerprint density at radius 2 is 1.96 bits per heavy atom. The molecule has 0 spiro atoms. The molecule has 1 amide bonds. The Balaban J connectivity index is 1.89. The monoisotopic (exact) mass is 399 g/mol. The normalized spacial score (nSPS) is 18.7. The smallest absolute Gasteiger partial charge is 0.244 e. The van der Waals surface area contributed by atoms with Crippen molar-refractivity contribution in [1.29, 1.82) is 0 Å². The quantitative estimate of drug-likeness (QED) is 0.827. The molecule has 142 valence electrons. The van der Waals surface area contributed by atoms with Gasteiger partial charge >= 0.3 is 0 Å². The molecular weight excluding hydrogens is 378 g/mol. The van der Waals surface area contributed by atoms with Gasteiger partial charge in [-0.3, -0.25) is 4.79 Å². The van der Waals surface area contributed by atoms with Gasteiger partial charge in [-0.1, -0.05) is 17.8 Å². The van der Waals surface area contributed by atoms with E-state index in [-0.39, 0.29) is 5.91 Å². The number of amides is 1. The van der Waals surface area contributed by atoms with Gasteiger partial charge in [0, 0.05) is 6.54 Å². The van der Waals surface area contributed by atoms with Gasteiger partial charge in [0.15, 0.2) is 5.13 Å². The molecule has 26 heavy (non-hydrogen) atoms. The fraction of sp³-hybridized carbons (Fsp3) is 0.500. The Kier molecular flexibility index (Phi) is 5.35. The number of nitrogens with zero attached hydrogens (tertiary/aromatic N) is 2. The summed E-state index contributed by atoms with van der Waals surface area (Å²) in [5.41, 5.74) is 0.593. The molecule has 0 bridgehead atoms. The van der Waals surface area contributed by atoms with Gasteiger partial charge in [-0.25, -0.2) is 13.4 Å². The third kappa shape index (κ3) is 3.62. The molecule has 2 heterocycles. The first-order chi connectivity index (χ1) is 12.3. The van der Waals surface area contributed by atoms with Crippen molar-refractivity contribution < 1.29 is 22.7 Å². The maximum atomic E-state index is 12.7. The van der Waals surface area contributed by atoms with Crippen LogP contribution in [0.3, 0.4) is 0 Å². The summed E-state index contributed by atoms with van der Waals surface area (Å²) in [6, 6.07) is 2.81. The number of piperidine rings is 1. The highest BCUT2D eigenvalue weighted by atomic mass is 32.2. The second-order valence-corrected chi connectivity index (χ2v) is 8.98. The van der Waals surface area contributed by atoms with Gasteiger partial charge in [-0.2, -0.15) is 4.31 Å². The van der Waals surface area contributed by atoms with Gasteiger partial charge in [0.25, 0.3) is 0 Å². The number of hydrogen-bond donors (Lipinski definition) is 1. The highest BCUT2D eigenvalue weighted by molar-refractivity contribution is 7.88. The van der Waals surface area contributed by atoms with Crippen LogP contribution in [-0.2, 0) is 14.8 Å². The maximum Gasteiger partial charge on any atom is 0.244 e. The molecule has 0 aliphatic carbocycles. The number of anilines is 1. The van der Waals surface area contributed by atoms with Crippen LogP contribution in [0.2, 0.25) is 0 Å². The van der Waals surface area contributed by atoms with Crippen LogP contribution in [0.1, 0.15) is 19.3 Å². The van der Waals surface area contributed by atoms with Crippen molar-refractivity contribution in [2.24, 2.45) is 0 Å². The standard InChI is InChI=1S/C16H21N3O5S2/c1-23-11-7-8-12(24-2)14-13(11)17-16(25-14)18-15(20)10-6-4-5-9-19(10)26(3,21)22/h7-8,10H,4-6,9H2,1-3H3,(H,17,18,20)/t10-/m0/s1. The molecule has 1 aromatic carbocycles. The zero-order chi connectivity index (χ0) is 18.9. The summed E-state index contributed by atoms with van der Waals surface area (Å²) in [6.07, 6.45) is 3.19. The van der Waals surface area contributed by atoms with Crippen LogP contribution in [0.4, 0.5) is 5.13 Å². The van der Waals surface area contributed by atoms with E-state index in [1.54, 1.807) is 26.4 Å². The highest BCUT2D eigenvalue weighted by Gasteiger charge is 2.34. The number of carbonyl (C=O) groups is 1. The van der Waals surface area contributed by atoms with Crippen LogP contribution in [-0.4, -0.2) is 56.7 Å². The van der Waals surface area contributed by atoms with E-state index in [1.165, 1.54) is 15.6 Å². The Labute approximate surface area is 156 Å². The van der Waals surface area contributed by atoms with E-state index < -0.39 is 16.1 Å². The molecule has 1 aromatic heterocycles. The number of fused-ring (bicyclic) bond motifs is 1. The minimum atomic E-state index is -3.44. The molecule has 0 radical (unpaired) electrons.